The number of unbranched alkanes of at least 4 members (excludes halogenated alkanes) is 20. The summed E-state index contributed by atoms with van der Waals surface area (Å²) in [6, 6.07) is 0. The Morgan fingerprint density at radius 3 is 0.971 bits per heavy atom. The Morgan fingerprint density at radius 2 is 0.603 bits per heavy atom. The maximum atomic E-state index is 12.8. The lowest BCUT2D eigenvalue weighted by molar-refractivity contribution is -0.167. The lowest BCUT2D eigenvalue weighted by Gasteiger charge is -2.18. The number of ether oxygens (including phenoxy) is 3. The monoisotopic (exact) mass is 943 g/mol. The molecule has 0 aromatic rings. The van der Waals surface area contributed by atoms with Crippen LogP contribution in [-0.4, -0.2) is 37.2 Å². The van der Waals surface area contributed by atoms with Crippen molar-refractivity contribution < 1.29 is 28.6 Å². The van der Waals surface area contributed by atoms with Crippen molar-refractivity contribution in [2.45, 2.75) is 252 Å². The van der Waals surface area contributed by atoms with Gasteiger partial charge in [0.05, 0.1) is 0 Å². The first-order valence-corrected chi connectivity index (χ1v) is 27.9. The Bertz CT molecular complexity index is 1410. The Balaban J connectivity index is 4.40. The summed E-state index contributed by atoms with van der Waals surface area (Å²) in [4.78, 5) is 38.0. The molecule has 0 aliphatic rings. The molecule has 0 N–H and O–H groups in total. The molecule has 0 aliphatic heterocycles. The lowest BCUT2D eigenvalue weighted by atomic mass is 10.1. The molecule has 0 saturated heterocycles. The molecule has 0 heterocycles. The van der Waals surface area contributed by atoms with Gasteiger partial charge < -0.3 is 14.2 Å². The second kappa shape index (κ2) is 55.7. The van der Waals surface area contributed by atoms with Crippen LogP contribution in [0.5, 0.6) is 0 Å². The molecule has 0 radical (unpaired) electrons. The van der Waals surface area contributed by atoms with Crippen LogP contribution >= 0.6 is 0 Å². The van der Waals surface area contributed by atoms with E-state index in [-0.39, 0.29) is 31.1 Å². The predicted molar refractivity (Wildman–Crippen MR) is 293 cm³/mol. The van der Waals surface area contributed by atoms with Crippen LogP contribution in [0.15, 0.2) is 109 Å². The van der Waals surface area contributed by atoms with Gasteiger partial charge in [-0.05, 0) is 122 Å². The fraction of sp³-hybridized carbons (Fsp3) is 0.661. The average Bonchev–Trinajstić information content (AvgIpc) is 3.34. The van der Waals surface area contributed by atoms with Crippen molar-refractivity contribution >= 4 is 17.9 Å². The van der Waals surface area contributed by atoms with Gasteiger partial charge in [0.2, 0.25) is 0 Å². The van der Waals surface area contributed by atoms with E-state index >= 15 is 0 Å². The van der Waals surface area contributed by atoms with Crippen LogP contribution in [0.4, 0.5) is 0 Å². The summed E-state index contributed by atoms with van der Waals surface area (Å²) in [6.45, 7) is 6.40. The van der Waals surface area contributed by atoms with E-state index in [9.17, 15) is 14.4 Å². The molecule has 0 bridgehead atoms. The number of esters is 3. The molecule has 6 heteroatoms. The summed E-state index contributed by atoms with van der Waals surface area (Å²) in [7, 11) is 0. The van der Waals surface area contributed by atoms with Gasteiger partial charge in [-0.2, -0.15) is 0 Å². The van der Waals surface area contributed by atoms with Gasteiger partial charge in [-0.25, -0.2) is 0 Å². The topological polar surface area (TPSA) is 78.9 Å². The first kappa shape index (κ1) is 64.1. The number of allylic oxidation sites excluding steroid dienone is 18. The molecule has 0 fully saturated rings. The van der Waals surface area contributed by atoms with Gasteiger partial charge in [0.25, 0.3) is 0 Å². The summed E-state index contributed by atoms with van der Waals surface area (Å²) in [5.41, 5.74) is 0. The van der Waals surface area contributed by atoms with E-state index in [1.807, 2.05) is 0 Å². The van der Waals surface area contributed by atoms with E-state index in [1.165, 1.54) is 64.2 Å². The summed E-state index contributed by atoms with van der Waals surface area (Å²) >= 11 is 0. The van der Waals surface area contributed by atoms with Gasteiger partial charge in [-0.3, -0.25) is 14.4 Å². The summed E-state index contributed by atoms with van der Waals surface area (Å²) in [5.74, 6) is -0.942. The normalized spacial score (nSPS) is 12.9. The van der Waals surface area contributed by atoms with Crippen molar-refractivity contribution in [2.75, 3.05) is 13.2 Å². The molecule has 1 unspecified atom stereocenters. The highest BCUT2D eigenvalue weighted by molar-refractivity contribution is 5.71. The Morgan fingerprint density at radius 1 is 0.309 bits per heavy atom. The number of hydrogen-bond donors (Lipinski definition) is 0. The predicted octanol–water partition coefficient (Wildman–Crippen LogP) is 18.7. The second-order valence-electron chi connectivity index (χ2n) is 18.1. The third kappa shape index (κ3) is 53.0. The van der Waals surface area contributed by atoms with E-state index < -0.39 is 6.10 Å². The minimum atomic E-state index is -0.798. The van der Waals surface area contributed by atoms with Crippen LogP contribution in [0, 0.1) is 0 Å². The zero-order chi connectivity index (χ0) is 49.3. The van der Waals surface area contributed by atoms with Gasteiger partial charge >= 0.3 is 17.9 Å². The number of hydrogen-bond acceptors (Lipinski definition) is 6. The quantitative estimate of drug-likeness (QED) is 0.0262. The minimum absolute atomic E-state index is 0.0958. The summed E-state index contributed by atoms with van der Waals surface area (Å²) in [5, 5.41) is 0. The lowest BCUT2D eigenvalue weighted by Crippen LogP contribution is -2.30. The molecular weight excluding hydrogens is 841 g/mol. The molecule has 1 atom stereocenters. The fourth-order valence-corrected chi connectivity index (χ4v) is 7.30. The fourth-order valence-electron chi connectivity index (χ4n) is 7.30. The molecule has 0 amide bonds. The molecule has 0 aromatic carbocycles. The average molecular weight is 943 g/mol. The van der Waals surface area contributed by atoms with E-state index in [1.54, 1.807) is 0 Å². The van der Waals surface area contributed by atoms with Crippen molar-refractivity contribution in [3.63, 3.8) is 0 Å². The van der Waals surface area contributed by atoms with Crippen molar-refractivity contribution in [3.05, 3.63) is 109 Å². The van der Waals surface area contributed by atoms with Crippen LogP contribution in [0.25, 0.3) is 0 Å². The Kier molecular flexibility index (Phi) is 52.4. The van der Waals surface area contributed by atoms with E-state index in [2.05, 4.69) is 130 Å². The smallest absolute Gasteiger partial charge is 0.306 e. The zero-order valence-corrected chi connectivity index (χ0v) is 44.1. The first-order chi connectivity index (χ1) is 33.5. The molecule has 0 saturated carbocycles. The first-order valence-electron chi connectivity index (χ1n) is 27.9. The molecule has 0 spiro atoms. The van der Waals surface area contributed by atoms with Crippen molar-refractivity contribution in [2.24, 2.45) is 0 Å². The molecular formula is C62H102O6. The highest BCUT2D eigenvalue weighted by Gasteiger charge is 2.19. The summed E-state index contributed by atoms with van der Waals surface area (Å²) in [6.07, 6.45) is 75.1. The zero-order valence-electron chi connectivity index (χ0n) is 44.1. The van der Waals surface area contributed by atoms with Gasteiger partial charge in [-0.1, -0.05) is 214 Å². The summed E-state index contributed by atoms with van der Waals surface area (Å²) < 4.78 is 16.8. The van der Waals surface area contributed by atoms with Gasteiger partial charge in [-0.15, -0.1) is 0 Å². The van der Waals surface area contributed by atoms with E-state index in [4.69, 9.17) is 14.2 Å². The van der Waals surface area contributed by atoms with Crippen molar-refractivity contribution in [1.82, 2.24) is 0 Å². The second-order valence-corrected chi connectivity index (χ2v) is 18.1. The molecule has 0 rings (SSSR count). The third-order valence-electron chi connectivity index (χ3n) is 11.5. The highest BCUT2D eigenvalue weighted by atomic mass is 16.6. The van der Waals surface area contributed by atoms with Crippen LogP contribution in [0.3, 0.4) is 0 Å². The molecule has 68 heavy (non-hydrogen) atoms. The van der Waals surface area contributed by atoms with Gasteiger partial charge in [0.15, 0.2) is 6.10 Å². The van der Waals surface area contributed by atoms with Crippen molar-refractivity contribution in [3.8, 4) is 0 Å². The Labute approximate surface area is 419 Å². The van der Waals surface area contributed by atoms with E-state index in [0.29, 0.717) is 19.3 Å². The van der Waals surface area contributed by atoms with Crippen LogP contribution < -0.4 is 0 Å². The SMILES string of the molecule is CC/C=C\C/C=C\C/C=C\C/C=C\C/C=C\C/C=C\CCCCCCC(=O)OCC(COC(=O)CCCCCCC/C=C\CCC)OC(=O)CCCCCCCCC/C=C\C/C=C\CCCCC. The largest absolute Gasteiger partial charge is 0.462 e. The number of rotatable bonds is 49. The molecule has 0 aliphatic carbocycles. The standard InChI is InChI=1S/C62H102O6/c1-4-7-10-13-16-19-22-24-26-28-29-30-31-32-33-35-36-38-40-43-46-49-52-55-61(64)67-58-59(57-66-60(63)54-51-48-45-42-21-18-15-12-9-6-3)68-62(65)56-53-50-47-44-41-39-37-34-27-25-23-20-17-14-11-8-5-2/h7,10,12,15-17,19-20,24-27,29-30,32-33,36,38,59H,4-6,8-9,11,13-14,18,21-23,28,31,34-35,37,39-58H2,1-3H3/b10-7-,15-12-,19-16-,20-17-,26-24-,27-25-,30-29-,33-32-,38-36-. The van der Waals surface area contributed by atoms with Gasteiger partial charge in [0.1, 0.15) is 13.2 Å². The van der Waals surface area contributed by atoms with Crippen molar-refractivity contribution in [1.29, 1.82) is 0 Å². The van der Waals surface area contributed by atoms with E-state index in [0.717, 1.165) is 141 Å². The molecule has 0 aromatic heterocycles. The molecule has 6 nitrogen and oxygen atoms in total. The maximum absolute atomic E-state index is 12.8. The van der Waals surface area contributed by atoms with Gasteiger partial charge in [0, 0.05) is 19.3 Å². The highest BCUT2D eigenvalue weighted by Crippen LogP contribution is 2.14. The van der Waals surface area contributed by atoms with Crippen LogP contribution in [0.1, 0.15) is 245 Å². The molecule has 386 valence electrons. The number of carbonyl (C=O) groups is 3. The number of carbonyl (C=O) groups excluding carboxylic acids is 3. The maximum Gasteiger partial charge on any atom is 0.306 e. The third-order valence-corrected chi connectivity index (χ3v) is 11.5. The minimum Gasteiger partial charge on any atom is -0.462 e. The Hall–Kier alpha value is -3.93. The van der Waals surface area contributed by atoms with Crippen LogP contribution in [0.2, 0.25) is 0 Å². The van der Waals surface area contributed by atoms with Crippen LogP contribution in [-0.2, 0) is 28.6 Å².